The molecule has 0 aliphatic carbocycles. The minimum Gasteiger partial charge on any atom is -0.487 e. The largest absolute Gasteiger partial charge is 0.487 e. The number of piperazine rings is 1. The third-order valence-corrected chi connectivity index (χ3v) is 7.44. The van der Waals surface area contributed by atoms with Crippen molar-refractivity contribution in [3.8, 4) is 5.75 Å². The van der Waals surface area contributed by atoms with Crippen LogP contribution in [0.5, 0.6) is 5.75 Å². The summed E-state index contributed by atoms with van der Waals surface area (Å²) in [5.41, 5.74) is 5.36. The fourth-order valence-corrected chi connectivity index (χ4v) is 5.33. The van der Waals surface area contributed by atoms with Crippen LogP contribution in [0.2, 0.25) is 5.02 Å². The molecule has 0 bridgehead atoms. The average molecular weight is 504 g/mol. The van der Waals surface area contributed by atoms with Crippen molar-refractivity contribution in [2.24, 2.45) is 0 Å². The zero-order valence-corrected chi connectivity index (χ0v) is 22.0. The van der Waals surface area contributed by atoms with Gasteiger partial charge in [0.25, 0.3) is 0 Å². The highest BCUT2D eigenvalue weighted by molar-refractivity contribution is 6.30. The van der Waals surface area contributed by atoms with Gasteiger partial charge in [-0.2, -0.15) is 0 Å². The second-order valence-corrected chi connectivity index (χ2v) is 10.7. The van der Waals surface area contributed by atoms with Crippen molar-refractivity contribution < 1.29 is 9.84 Å². The molecule has 1 atom stereocenters. The highest BCUT2D eigenvalue weighted by Crippen LogP contribution is 2.38. The number of ether oxygens (including phenoxy) is 1. The molecule has 1 fully saturated rings. The highest BCUT2D eigenvalue weighted by Gasteiger charge is 2.25. The minimum atomic E-state index is -0.926. The number of aliphatic hydroxyl groups is 1. The van der Waals surface area contributed by atoms with Crippen molar-refractivity contribution in [1.82, 2.24) is 9.88 Å². The van der Waals surface area contributed by atoms with Gasteiger partial charge >= 0.3 is 0 Å². The molecule has 1 N–H and O–H groups in total. The Bertz CT molecular complexity index is 1250. The van der Waals surface area contributed by atoms with Gasteiger partial charge in [0.05, 0.1) is 11.3 Å². The second-order valence-electron chi connectivity index (χ2n) is 10.3. The lowest BCUT2D eigenvalue weighted by Gasteiger charge is -2.41. The molecule has 0 spiro atoms. The Labute approximate surface area is 219 Å². The molecule has 0 amide bonds. The van der Waals surface area contributed by atoms with Crippen LogP contribution in [0.4, 0.5) is 5.69 Å². The number of hydrogen-bond donors (Lipinski definition) is 1. The monoisotopic (exact) mass is 503 g/mol. The van der Waals surface area contributed by atoms with Crippen LogP contribution < -0.4 is 9.64 Å². The molecule has 0 unspecified atom stereocenters. The Morgan fingerprint density at radius 2 is 1.92 bits per heavy atom. The molecule has 3 heterocycles. The fraction of sp³-hybridized carbons (Fsp3) is 0.367. The van der Waals surface area contributed by atoms with Gasteiger partial charge in [-0.25, -0.2) is 0 Å². The Morgan fingerprint density at radius 1 is 1.11 bits per heavy atom. The highest BCUT2D eigenvalue weighted by atomic mass is 35.5. The van der Waals surface area contributed by atoms with Gasteiger partial charge < -0.3 is 14.7 Å². The van der Waals surface area contributed by atoms with E-state index >= 15 is 0 Å². The molecule has 2 aliphatic heterocycles. The summed E-state index contributed by atoms with van der Waals surface area (Å²) in [6.45, 7) is 10.4. The van der Waals surface area contributed by atoms with Gasteiger partial charge in [0, 0.05) is 60.3 Å². The molecule has 1 aromatic heterocycles. The van der Waals surface area contributed by atoms with Crippen LogP contribution in [0.1, 0.15) is 49.6 Å². The maximum Gasteiger partial charge on any atom is 0.131 e. The summed E-state index contributed by atoms with van der Waals surface area (Å²) < 4.78 is 6.14. The summed E-state index contributed by atoms with van der Waals surface area (Å²) in [5.74, 6) is 0.831. The van der Waals surface area contributed by atoms with E-state index < -0.39 is 5.60 Å². The van der Waals surface area contributed by atoms with Gasteiger partial charge in [-0.1, -0.05) is 29.8 Å². The van der Waals surface area contributed by atoms with E-state index in [-0.39, 0.29) is 0 Å². The van der Waals surface area contributed by atoms with Crippen LogP contribution in [0.3, 0.4) is 0 Å². The number of hydrogen-bond acceptors (Lipinski definition) is 5. The number of benzene rings is 2. The van der Waals surface area contributed by atoms with Crippen LogP contribution in [0.15, 0.2) is 66.9 Å². The predicted octanol–water partition coefficient (Wildman–Crippen LogP) is 5.89. The predicted molar refractivity (Wildman–Crippen MR) is 147 cm³/mol. The van der Waals surface area contributed by atoms with E-state index in [4.69, 9.17) is 16.3 Å². The van der Waals surface area contributed by atoms with Crippen molar-refractivity contribution in [3.63, 3.8) is 0 Å². The van der Waals surface area contributed by atoms with E-state index in [2.05, 4.69) is 52.0 Å². The summed E-state index contributed by atoms with van der Waals surface area (Å²) in [7, 11) is 0. The first-order chi connectivity index (χ1) is 17.3. The number of halogens is 1. The van der Waals surface area contributed by atoms with Gasteiger partial charge in [0.15, 0.2) is 0 Å². The third kappa shape index (κ3) is 5.29. The Kier molecular flexibility index (Phi) is 7.07. The van der Waals surface area contributed by atoms with Crippen LogP contribution in [0, 0.1) is 0 Å². The van der Waals surface area contributed by atoms with Crippen molar-refractivity contribution >= 4 is 22.9 Å². The first-order valence-corrected chi connectivity index (χ1v) is 13.1. The van der Waals surface area contributed by atoms with E-state index in [1.807, 2.05) is 50.4 Å². The molecular weight excluding hydrogens is 470 g/mol. The maximum atomic E-state index is 10.6. The molecule has 36 heavy (non-hydrogen) atoms. The maximum absolute atomic E-state index is 10.6. The number of rotatable bonds is 5. The smallest absolute Gasteiger partial charge is 0.131 e. The standard InChI is InChI=1S/C30H34ClN3O2/c1-21-19-33(16-17-34(21)24-11-9-23(31)10-12-24)15-5-7-25-26-6-4-14-32-28(26)20-36-29-13-8-22(18-27(25)29)30(2,3)35/h4,6-14,18,21,35H,5,15-17,19-20H2,1-3H3/t21-/m0/s1. The van der Waals surface area contributed by atoms with Crippen LogP contribution in [-0.2, 0) is 12.2 Å². The summed E-state index contributed by atoms with van der Waals surface area (Å²) in [6.07, 6.45) is 5.06. The molecule has 0 radical (unpaired) electrons. The zero-order valence-electron chi connectivity index (χ0n) is 21.2. The number of fused-ring (bicyclic) bond motifs is 2. The normalized spacial score (nSPS) is 19.4. The van der Waals surface area contributed by atoms with E-state index in [1.54, 1.807) is 0 Å². The van der Waals surface area contributed by atoms with Gasteiger partial charge in [-0.15, -0.1) is 0 Å². The van der Waals surface area contributed by atoms with E-state index in [0.717, 1.165) is 71.3 Å². The van der Waals surface area contributed by atoms with Gasteiger partial charge in [-0.05, 0) is 80.8 Å². The summed E-state index contributed by atoms with van der Waals surface area (Å²) in [6, 6.07) is 18.7. The molecular formula is C30H34ClN3O2. The number of nitrogens with zero attached hydrogens (tertiary/aromatic N) is 3. The minimum absolute atomic E-state index is 0.429. The lowest BCUT2D eigenvalue weighted by atomic mass is 9.90. The number of anilines is 1. The van der Waals surface area contributed by atoms with E-state index in [0.29, 0.717) is 12.6 Å². The quantitative estimate of drug-likeness (QED) is 0.470. The molecule has 3 aromatic rings. The van der Waals surface area contributed by atoms with Crippen LogP contribution in [-0.4, -0.2) is 47.2 Å². The SMILES string of the molecule is C[C@H]1CN(CCC=C2c3cc(C(C)(C)O)ccc3OCc3ncccc32)CCN1c1ccc(Cl)cc1. The Hall–Kier alpha value is -2.86. The Balaban J connectivity index is 1.35. The first-order valence-electron chi connectivity index (χ1n) is 12.7. The number of pyridine rings is 1. The summed E-state index contributed by atoms with van der Waals surface area (Å²) in [4.78, 5) is 9.60. The molecule has 5 rings (SSSR count). The first kappa shape index (κ1) is 24.8. The van der Waals surface area contributed by atoms with Gasteiger partial charge in [-0.3, -0.25) is 9.88 Å². The van der Waals surface area contributed by atoms with E-state index in [9.17, 15) is 5.11 Å². The topological polar surface area (TPSA) is 48.8 Å². The lowest BCUT2D eigenvalue weighted by molar-refractivity contribution is 0.0785. The van der Waals surface area contributed by atoms with Crippen LogP contribution in [0.25, 0.3) is 5.57 Å². The summed E-state index contributed by atoms with van der Waals surface area (Å²) in [5, 5.41) is 11.4. The average Bonchev–Trinajstić information content (AvgIpc) is 3.01. The van der Waals surface area contributed by atoms with Crippen molar-refractivity contribution in [2.45, 2.75) is 45.4 Å². The molecule has 1 saturated heterocycles. The van der Waals surface area contributed by atoms with Crippen molar-refractivity contribution in [1.29, 1.82) is 0 Å². The molecule has 2 aliphatic rings. The lowest BCUT2D eigenvalue weighted by Crippen LogP contribution is -2.52. The fourth-order valence-electron chi connectivity index (χ4n) is 5.20. The molecule has 6 heteroatoms. The van der Waals surface area contributed by atoms with E-state index in [1.165, 1.54) is 5.69 Å². The van der Waals surface area contributed by atoms with Gasteiger partial charge in [0.1, 0.15) is 12.4 Å². The molecule has 0 saturated carbocycles. The zero-order chi connectivity index (χ0) is 25.3. The van der Waals surface area contributed by atoms with Crippen LogP contribution >= 0.6 is 11.6 Å². The number of aromatic nitrogens is 1. The molecule has 5 nitrogen and oxygen atoms in total. The summed E-state index contributed by atoms with van der Waals surface area (Å²) >= 11 is 6.08. The molecule has 188 valence electrons. The Morgan fingerprint density at radius 3 is 2.67 bits per heavy atom. The second kappa shape index (κ2) is 10.3. The van der Waals surface area contributed by atoms with Crippen molar-refractivity contribution in [3.05, 3.63) is 94.3 Å². The third-order valence-electron chi connectivity index (χ3n) is 7.18. The van der Waals surface area contributed by atoms with Gasteiger partial charge in [0.2, 0.25) is 0 Å². The molecule has 2 aromatic carbocycles. The van der Waals surface area contributed by atoms with Crippen molar-refractivity contribution in [2.75, 3.05) is 31.1 Å².